The van der Waals surface area contributed by atoms with Crippen LogP contribution in [0.5, 0.6) is 0 Å². The molecule has 14 heavy (non-hydrogen) atoms. The van der Waals surface area contributed by atoms with Crippen LogP contribution in [0, 0.1) is 5.82 Å². The summed E-state index contributed by atoms with van der Waals surface area (Å²) in [4.78, 5) is 13.9. The molecule has 2 heterocycles. The Morgan fingerprint density at radius 1 is 1.50 bits per heavy atom. The van der Waals surface area contributed by atoms with Gasteiger partial charge < -0.3 is 10.3 Å². The van der Waals surface area contributed by atoms with Gasteiger partial charge in [-0.1, -0.05) is 0 Å². The van der Waals surface area contributed by atoms with Crippen LogP contribution in [0.15, 0.2) is 24.7 Å². The van der Waals surface area contributed by atoms with E-state index in [4.69, 9.17) is 0 Å². The van der Waals surface area contributed by atoms with E-state index >= 15 is 0 Å². The molecule has 2 rings (SSSR count). The number of rotatable bonds is 2. The highest BCUT2D eigenvalue weighted by Crippen LogP contribution is 2.06. The molecule has 0 radical (unpaired) electrons. The van der Waals surface area contributed by atoms with Gasteiger partial charge in [0.05, 0.1) is 11.9 Å². The van der Waals surface area contributed by atoms with Crippen molar-refractivity contribution in [2.45, 2.75) is 0 Å². The second kappa shape index (κ2) is 3.33. The van der Waals surface area contributed by atoms with Crippen molar-refractivity contribution in [2.24, 2.45) is 0 Å². The van der Waals surface area contributed by atoms with E-state index in [0.29, 0.717) is 5.69 Å². The molecule has 6 heteroatoms. The molecule has 0 aliphatic carbocycles. The Kier molecular flexibility index (Phi) is 2.02. The quantitative estimate of drug-likeness (QED) is 0.670. The van der Waals surface area contributed by atoms with Gasteiger partial charge in [0.15, 0.2) is 0 Å². The number of aromatic amines is 2. The first kappa shape index (κ1) is 8.49. The molecule has 0 saturated heterocycles. The maximum absolute atomic E-state index is 12.5. The molecule has 0 aliphatic heterocycles. The third-order valence-electron chi connectivity index (χ3n) is 1.65. The van der Waals surface area contributed by atoms with Crippen molar-refractivity contribution >= 4 is 11.6 Å². The van der Waals surface area contributed by atoms with Crippen LogP contribution in [0.2, 0.25) is 0 Å². The van der Waals surface area contributed by atoms with E-state index in [-0.39, 0.29) is 5.69 Å². The number of nitrogens with zero attached hydrogens (tertiary/aromatic N) is 1. The SMILES string of the molecule is O=C(Nc1cn[nH]c1)c1cc(F)c[nH]1. The van der Waals surface area contributed by atoms with Gasteiger partial charge in [-0.3, -0.25) is 9.89 Å². The summed E-state index contributed by atoms with van der Waals surface area (Å²) < 4.78 is 12.5. The minimum Gasteiger partial charge on any atom is -0.355 e. The average Bonchev–Trinajstić information content (AvgIpc) is 2.75. The smallest absolute Gasteiger partial charge is 0.272 e. The van der Waals surface area contributed by atoms with Crippen LogP contribution in [-0.4, -0.2) is 21.1 Å². The van der Waals surface area contributed by atoms with Gasteiger partial charge in [0.2, 0.25) is 0 Å². The molecular weight excluding hydrogens is 187 g/mol. The van der Waals surface area contributed by atoms with Gasteiger partial charge in [0.25, 0.3) is 5.91 Å². The van der Waals surface area contributed by atoms with E-state index in [9.17, 15) is 9.18 Å². The van der Waals surface area contributed by atoms with Crippen molar-refractivity contribution in [3.05, 3.63) is 36.2 Å². The number of carbonyl (C=O) groups excluding carboxylic acids is 1. The van der Waals surface area contributed by atoms with E-state index in [0.717, 1.165) is 12.3 Å². The second-order valence-electron chi connectivity index (χ2n) is 2.67. The monoisotopic (exact) mass is 194 g/mol. The zero-order chi connectivity index (χ0) is 9.97. The Labute approximate surface area is 78.3 Å². The summed E-state index contributed by atoms with van der Waals surface area (Å²) in [6.07, 6.45) is 4.10. The minimum atomic E-state index is -0.470. The van der Waals surface area contributed by atoms with Crippen molar-refractivity contribution in [2.75, 3.05) is 5.32 Å². The van der Waals surface area contributed by atoms with Crippen LogP contribution in [0.1, 0.15) is 10.5 Å². The van der Waals surface area contributed by atoms with E-state index in [2.05, 4.69) is 20.5 Å². The first-order valence-corrected chi connectivity index (χ1v) is 3.90. The number of nitrogens with one attached hydrogen (secondary N) is 3. The normalized spacial score (nSPS) is 10.1. The minimum absolute atomic E-state index is 0.170. The van der Waals surface area contributed by atoms with Crippen molar-refractivity contribution < 1.29 is 9.18 Å². The predicted molar refractivity (Wildman–Crippen MR) is 47.3 cm³/mol. The van der Waals surface area contributed by atoms with Crippen LogP contribution in [0.25, 0.3) is 0 Å². The number of H-pyrrole nitrogens is 2. The van der Waals surface area contributed by atoms with Gasteiger partial charge >= 0.3 is 0 Å². The number of halogens is 1. The molecule has 0 bridgehead atoms. The maximum atomic E-state index is 12.5. The average molecular weight is 194 g/mol. The molecule has 0 saturated carbocycles. The highest BCUT2D eigenvalue weighted by atomic mass is 19.1. The molecule has 0 atom stereocenters. The lowest BCUT2D eigenvalue weighted by Crippen LogP contribution is -2.11. The Morgan fingerprint density at radius 3 is 2.93 bits per heavy atom. The van der Waals surface area contributed by atoms with Crippen LogP contribution in [0.4, 0.5) is 10.1 Å². The number of aromatic nitrogens is 3. The third kappa shape index (κ3) is 1.63. The fourth-order valence-electron chi connectivity index (χ4n) is 1.02. The molecule has 2 aromatic heterocycles. The number of hydrogen-bond donors (Lipinski definition) is 3. The standard InChI is InChI=1S/C8H7FN4O/c9-5-1-7(10-2-5)8(14)13-6-3-11-12-4-6/h1-4,10H,(H,11,12)(H,13,14). The summed E-state index contributed by atoms with van der Waals surface area (Å²) in [6.45, 7) is 0. The summed E-state index contributed by atoms with van der Waals surface area (Å²) >= 11 is 0. The Balaban J connectivity index is 2.10. The Bertz CT molecular complexity index is 434. The number of amides is 1. The summed E-state index contributed by atoms with van der Waals surface area (Å²) in [7, 11) is 0. The molecule has 5 nitrogen and oxygen atoms in total. The molecule has 2 aromatic rings. The zero-order valence-electron chi connectivity index (χ0n) is 7.04. The van der Waals surface area contributed by atoms with Crippen LogP contribution < -0.4 is 5.32 Å². The molecule has 1 amide bonds. The van der Waals surface area contributed by atoms with Gasteiger partial charge in [-0.15, -0.1) is 0 Å². The summed E-state index contributed by atoms with van der Waals surface area (Å²) in [5, 5.41) is 8.71. The Hall–Kier alpha value is -2.11. The van der Waals surface area contributed by atoms with Crippen LogP contribution in [0.3, 0.4) is 0 Å². The van der Waals surface area contributed by atoms with Crippen LogP contribution in [-0.2, 0) is 0 Å². The molecule has 0 spiro atoms. The lowest BCUT2D eigenvalue weighted by atomic mass is 10.4. The van der Waals surface area contributed by atoms with Gasteiger partial charge in [0, 0.05) is 18.5 Å². The summed E-state index contributed by atoms with van der Waals surface area (Å²) in [5.41, 5.74) is 0.703. The molecule has 0 fully saturated rings. The summed E-state index contributed by atoms with van der Waals surface area (Å²) in [5.74, 6) is -0.877. The highest BCUT2D eigenvalue weighted by Gasteiger charge is 2.08. The van der Waals surface area contributed by atoms with Gasteiger partial charge in [-0.25, -0.2) is 4.39 Å². The van der Waals surface area contributed by atoms with Crippen molar-refractivity contribution in [1.29, 1.82) is 0 Å². The number of anilines is 1. The lowest BCUT2D eigenvalue weighted by molar-refractivity contribution is 0.102. The zero-order valence-corrected chi connectivity index (χ0v) is 7.04. The third-order valence-corrected chi connectivity index (χ3v) is 1.65. The topological polar surface area (TPSA) is 73.6 Å². The van der Waals surface area contributed by atoms with E-state index in [1.54, 1.807) is 0 Å². The number of hydrogen-bond acceptors (Lipinski definition) is 2. The highest BCUT2D eigenvalue weighted by molar-refractivity contribution is 6.02. The summed E-state index contributed by atoms with van der Waals surface area (Å²) in [6, 6.07) is 1.12. The molecule has 3 N–H and O–H groups in total. The number of carbonyl (C=O) groups is 1. The van der Waals surface area contributed by atoms with Crippen molar-refractivity contribution in [1.82, 2.24) is 15.2 Å². The lowest BCUT2D eigenvalue weighted by Gasteiger charge is -1.97. The van der Waals surface area contributed by atoms with Crippen LogP contribution >= 0.6 is 0 Å². The van der Waals surface area contributed by atoms with Crippen molar-refractivity contribution in [3.63, 3.8) is 0 Å². The fourth-order valence-corrected chi connectivity index (χ4v) is 1.02. The first-order valence-electron chi connectivity index (χ1n) is 3.90. The second-order valence-corrected chi connectivity index (χ2v) is 2.67. The molecule has 72 valence electrons. The van der Waals surface area contributed by atoms with E-state index in [1.165, 1.54) is 12.4 Å². The van der Waals surface area contributed by atoms with Crippen molar-refractivity contribution in [3.8, 4) is 0 Å². The molecule has 0 unspecified atom stereocenters. The van der Waals surface area contributed by atoms with Gasteiger partial charge in [-0.05, 0) is 0 Å². The first-order chi connectivity index (χ1) is 6.75. The molecule has 0 aromatic carbocycles. The fraction of sp³-hybridized carbons (Fsp3) is 0. The Morgan fingerprint density at radius 2 is 2.36 bits per heavy atom. The van der Waals surface area contributed by atoms with E-state index < -0.39 is 11.7 Å². The maximum Gasteiger partial charge on any atom is 0.272 e. The molecule has 0 aliphatic rings. The van der Waals surface area contributed by atoms with E-state index in [1.807, 2.05) is 0 Å². The molecular formula is C8H7FN4O. The predicted octanol–water partition coefficient (Wildman–Crippen LogP) is 1.13. The van der Waals surface area contributed by atoms with Gasteiger partial charge in [0.1, 0.15) is 11.5 Å². The van der Waals surface area contributed by atoms with Gasteiger partial charge in [-0.2, -0.15) is 5.10 Å². The largest absolute Gasteiger partial charge is 0.355 e.